The van der Waals surface area contributed by atoms with Gasteiger partial charge >= 0.3 is 0 Å². The third-order valence-electron chi connectivity index (χ3n) is 7.27. The number of aromatic nitrogens is 2. The number of phenols is 1. The van der Waals surface area contributed by atoms with E-state index in [-0.39, 0.29) is 29.7 Å². The molecule has 3 heterocycles. The van der Waals surface area contributed by atoms with Gasteiger partial charge in [-0.25, -0.2) is 0 Å². The molecule has 0 saturated carbocycles. The Hall–Kier alpha value is -4.17. The lowest BCUT2D eigenvalue weighted by atomic mass is 9.96. The lowest BCUT2D eigenvalue weighted by Gasteiger charge is -2.29. The number of amides is 1. The van der Waals surface area contributed by atoms with Crippen molar-refractivity contribution in [2.75, 3.05) is 10.2 Å². The molecule has 2 aromatic carbocycles. The van der Waals surface area contributed by atoms with Crippen LogP contribution in [-0.2, 0) is 4.79 Å². The van der Waals surface area contributed by atoms with Gasteiger partial charge in [-0.2, -0.15) is 0 Å². The van der Waals surface area contributed by atoms with Crippen molar-refractivity contribution < 1.29 is 9.90 Å². The number of thiocarbonyl (C=S) groups is 1. The molecule has 200 valence electrons. The second-order valence-electron chi connectivity index (χ2n) is 10.3. The molecule has 4 aromatic rings. The number of hydrogen-bond donors (Lipinski definition) is 3. The van der Waals surface area contributed by atoms with Crippen LogP contribution in [0.1, 0.15) is 54.1 Å². The van der Waals surface area contributed by atoms with E-state index < -0.39 is 0 Å². The third-order valence-corrected chi connectivity index (χ3v) is 7.58. The number of hydrogen-bond acceptors (Lipinski definition) is 4. The van der Waals surface area contributed by atoms with Crippen LogP contribution >= 0.6 is 12.2 Å². The van der Waals surface area contributed by atoms with Crippen LogP contribution < -0.4 is 15.5 Å². The molecule has 7 nitrogen and oxygen atoms in total. The minimum Gasteiger partial charge on any atom is -0.508 e. The Bertz CT molecular complexity index is 1530. The van der Waals surface area contributed by atoms with E-state index in [1.165, 1.54) is 0 Å². The number of carbonyl (C=O) groups is 1. The molecule has 0 spiro atoms. The summed E-state index contributed by atoms with van der Waals surface area (Å²) in [6, 6.07) is 21.0. The van der Waals surface area contributed by atoms with Crippen molar-refractivity contribution in [1.29, 1.82) is 0 Å². The van der Waals surface area contributed by atoms with E-state index in [0.29, 0.717) is 5.11 Å². The maximum absolute atomic E-state index is 12.3. The molecule has 0 aliphatic carbocycles. The van der Waals surface area contributed by atoms with Gasteiger partial charge in [0.15, 0.2) is 5.11 Å². The molecular weight excluding hydrogens is 506 g/mol. The summed E-state index contributed by atoms with van der Waals surface area (Å²) in [5, 5.41) is 17.0. The van der Waals surface area contributed by atoms with E-state index in [1.807, 2.05) is 63.2 Å². The van der Waals surface area contributed by atoms with Crippen LogP contribution in [0, 0.1) is 26.7 Å². The topological polar surface area (TPSA) is 82.4 Å². The lowest BCUT2D eigenvalue weighted by molar-refractivity contribution is -0.118. The van der Waals surface area contributed by atoms with Gasteiger partial charge in [-0.15, -0.1) is 0 Å². The number of carbonyl (C=O) groups excluding carboxylic acids is 1. The maximum atomic E-state index is 12.3. The van der Waals surface area contributed by atoms with Crippen molar-refractivity contribution >= 4 is 34.6 Å². The van der Waals surface area contributed by atoms with Gasteiger partial charge in [0, 0.05) is 40.6 Å². The molecule has 1 aliphatic heterocycles. The van der Waals surface area contributed by atoms with E-state index in [1.54, 1.807) is 18.3 Å². The van der Waals surface area contributed by atoms with E-state index in [2.05, 4.69) is 51.1 Å². The number of rotatable bonds is 6. The highest BCUT2D eigenvalue weighted by Gasteiger charge is 2.42. The smallest absolute Gasteiger partial charge is 0.226 e. The fourth-order valence-corrected chi connectivity index (χ4v) is 5.60. The minimum atomic E-state index is -0.173. The van der Waals surface area contributed by atoms with Crippen LogP contribution in [0.4, 0.5) is 11.4 Å². The molecule has 39 heavy (non-hydrogen) atoms. The molecule has 0 radical (unpaired) electrons. The first-order valence-corrected chi connectivity index (χ1v) is 13.5. The average molecular weight is 540 g/mol. The molecule has 1 amide bonds. The van der Waals surface area contributed by atoms with Gasteiger partial charge in [0.05, 0.1) is 17.8 Å². The average Bonchev–Trinajstić information content (AvgIpc) is 3.41. The number of aromatic hydroxyl groups is 1. The summed E-state index contributed by atoms with van der Waals surface area (Å²) < 4.78 is 2.19. The Morgan fingerprint density at radius 2 is 1.74 bits per heavy atom. The van der Waals surface area contributed by atoms with Crippen LogP contribution in [0.25, 0.3) is 5.69 Å². The standard InChI is InChI=1S/C31H33N5O2S/c1-18(2)30(38)33-26-14-11-23(16-19(26)3)36-29(28(34-31(36)39)27-8-6-7-15-32-27)25-17-20(4)35(21(25)5)22-9-12-24(37)13-10-22/h6-18,28-29,37H,1-5H3,(H,33,38)(H,34,39)/t28-,29-/m0/s1. The van der Waals surface area contributed by atoms with Gasteiger partial charge < -0.3 is 25.2 Å². The second kappa shape index (κ2) is 10.5. The van der Waals surface area contributed by atoms with Crippen molar-refractivity contribution in [1.82, 2.24) is 14.9 Å². The molecule has 8 heteroatoms. The van der Waals surface area contributed by atoms with Gasteiger partial charge in [-0.3, -0.25) is 9.78 Å². The zero-order chi connectivity index (χ0) is 27.8. The van der Waals surface area contributed by atoms with Gasteiger partial charge in [0.2, 0.25) is 5.91 Å². The predicted octanol–water partition coefficient (Wildman–Crippen LogP) is 6.27. The summed E-state index contributed by atoms with van der Waals surface area (Å²) in [5.41, 5.74) is 7.84. The van der Waals surface area contributed by atoms with Crippen molar-refractivity contribution in [3.05, 3.63) is 101 Å². The van der Waals surface area contributed by atoms with Crippen molar-refractivity contribution in [2.45, 2.75) is 46.7 Å². The number of nitrogens with zero attached hydrogens (tertiary/aromatic N) is 3. The monoisotopic (exact) mass is 539 g/mol. The van der Waals surface area contributed by atoms with Crippen LogP contribution in [0.3, 0.4) is 0 Å². The normalized spacial score (nSPS) is 17.0. The lowest BCUT2D eigenvalue weighted by Crippen LogP contribution is -2.29. The summed E-state index contributed by atoms with van der Waals surface area (Å²) in [6.07, 6.45) is 1.80. The quantitative estimate of drug-likeness (QED) is 0.250. The Morgan fingerprint density at radius 1 is 1.03 bits per heavy atom. The molecule has 3 N–H and O–H groups in total. The summed E-state index contributed by atoms with van der Waals surface area (Å²) >= 11 is 5.93. The summed E-state index contributed by atoms with van der Waals surface area (Å²) in [4.78, 5) is 19.2. The molecule has 0 unspecified atom stereocenters. The molecular formula is C31H33N5O2S. The SMILES string of the molecule is Cc1cc(N2C(=S)N[C@@H](c3ccccn3)[C@@H]2c2cc(C)n(-c3ccc(O)cc3)c2C)ccc1NC(=O)C(C)C. The van der Waals surface area contributed by atoms with Gasteiger partial charge in [-0.05, 0) is 105 Å². The zero-order valence-corrected chi connectivity index (χ0v) is 23.6. The van der Waals surface area contributed by atoms with Crippen molar-refractivity contribution in [2.24, 2.45) is 5.92 Å². The molecule has 0 bridgehead atoms. The fourth-order valence-electron chi connectivity index (χ4n) is 5.25. The highest BCUT2D eigenvalue weighted by molar-refractivity contribution is 7.80. The van der Waals surface area contributed by atoms with Crippen LogP contribution in [0.5, 0.6) is 5.75 Å². The van der Waals surface area contributed by atoms with E-state index in [0.717, 1.165) is 45.3 Å². The number of phenolic OH excluding ortho intramolecular Hbond substituents is 1. The number of aryl methyl sites for hydroxylation is 2. The largest absolute Gasteiger partial charge is 0.508 e. The third kappa shape index (κ3) is 5.00. The van der Waals surface area contributed by atoms with Crippen LogP contribution in [0.2, 0.25) is 0 Å². The molecule has 2 aromatic heterocycles. The van der Waals surface area contributed by atoms with Crippen molar-refractivity contribution in [3.63, 3.8) is 0 Å². The molecule has 1 saturated heterocycles. The van der Waals surface area contributed by atoms with Crippen molar-refractivity contribution in [3.8, 4) is 11.4 Å². The van der Waals surface area contributed by atoms with E-state index >= 15 is 0 Å². The molecule has 1 fully saturated rings. The van der Waals surface area contributed by atoms with Gasteiger partial charge in [0.1, 0.15) is 5.75 Å². The van der Waals surface area contributed by atoms with Gasteiger partial charge in [-0.1, -0.05) is 19.9 Å². The molecule has 1 aliphatic rings. The Morgan fingerprint density at radius 3 is 2.38 bits per heavy atom. The summed E-state index contributed by atoms with van der Waals surface area (Å²) in [5.74, 6) is 0.113. The first-order chi connectivity index (χ1) is 18.7. The summed E-state index contributed by atoms with van der Waals surface area (Å²) in [7, 11) is 0. The summed E-state index contributed by atoms with van der Waals surface area (Å²) in [6.45, 7) is 9.95. The second-order valence-corrected chi connectivity index (χ2v) is 10.7. The Balaban J connectivity index is 1.61. The Kier molecular flexibility index (Phi) is 7.14. The number of nitrogens with one attached hydrogen (secondary N) is 2. The number of pyridine rings is 1. The minimum absolute atomic E-state index is 0.0148. The first-order valence-electron chi connectivity index (χ1n) is 13.1. The van der Waals surface area contributed by atoms with Crippen LogP contribution in [0.15, 0.2) is 72.9 Å². The molecule has 2 atom stereocenters. The Labute approximate surface area is 234 Å². The zero-order valence-electron chi connectivity index (χ0n) is 22.8. The fraction of sp³-hybridized carbons (Fsp3) is 0.258. The highest BCUT2D eigenvalue weighted by Crippen LogP contribution is 2.44. The van der Waals surface area contributed by atoms with E-state index in [4.69, 9.17) is 12.2 Å². The number of benzene rings is 2. The number of anilines is 2. The van der Waals surface area contributed by atoms with Crippen LogP contribution in [-0.4, -0.2) is 25.7 Å². The van der Waals surface area contributed by atoms with E-state index in [9.17, 15) is 9.90 Å². The maximum Gasteiger partial charge on any atom is 0.226 e. The first kappa shape index (κ1) is 26.4. The van der Waals surface area contributed by atoms with Gasteiger partial charge in [0.25, 0.3) is 0 Å². The highest BCUT2D eigenvalue weighted by atomic mass is 32.1. The predicted molar refractivity (Wildman–Crippen MR) is 159 cm³/mol. The molecule has 5 rings (SSSR count).